The number of aromatic nitrogens is 2. The molecule has 1 spiro atoms. The SMILES string of the molecule is COC1C(=O)N(C2CCN(C(=O)c3n[nH]c4ccccc34)CC2)C12CCOCC2. The normalized spacial score (nSPS) is 24.9. The van der Waals surface area contributed by atoms with Gasteiger partial charge in [-0.15, -0.1) is 0 Å². The summed E-state index contributed by atoms with van der Waals surface area (Å²) in [6, 6.07) is 7.81. The van der Waals surface area contributed by atoms with Crippen LogP contribution in [-0.2, 0) is 14.3 Å². The molecule has 0 bridgehead atoms. The fraction of sp³-hybridized carbons (Fsp3) is 0.571. The molecule has 3 aliphatic heterocycles. The van der Waals surface area contributed by atoms with E-state index in [0.717, 1.165) is 36.6 Å². The highest BCUT2D eigenvalue weighted by Gasteiger charge is 2.62. The van der Waals surface area contributed by atoms with Gasteiger partial charge in [0.2, 0.25) is 0 Å². The van der Waals surface area contributed by atoms with Gasteiger partial charge in [0.05, 0.1) is 11.1 Å². The summed E-state index contributed by atoms with van der Waals surface area (Å²) in [5.41, 5.74) is 1.10. The Kier molecular flexibility index (Phi) is 4.55. The second kappa shape index (κ2) is 7.11. The van der Waals surface area contributed by atoms with Gasteiger partial charge in [0, 0.05) is 44.8 Å². The lowest BCUT2D eigenvalue weighted by atomic mass is 9.72. The molecular weight excluding hydrogens is 372 g/mol. The number of nitrogens with one attached hydrogen (secondary N) is 1. The van der Waals surface area contributed by atoms with Crippen molar-refractivity contribution < 1.29 is 19.1 Å². The first-order valence-corrected chi connectivity index (χ1v) is 10.3. The highest BCUT2D eigenvalue weighted by Crippen LogP contribution is 2.45. The molecule has 29 heavy (non-hydrogen) atoms. The summed E-state index contributed by atoms with van der Waals surface area (Å²) >= 11 is 0. The van der Waals surface area contributed by atoms with Gasteiger partial charge in [-0.25, -0.2) is 0 Å². The van der Waals surface area contributed by atoms with Crippen molar-refractivity contribution >= 4 is 22.7 Å². The van der Waals surface area contributed by atoms with Crippen LogP contribution in [0.3, 0.4) is 0 Å². The standard InChI is InChI=1S/C21H26N4O4/c1-28-18-20(27)25(21(18)8-12-29-13-9-21)14-6-10-24(11-7-14)19(26)17-15-4-2-3-5-16(15)22-23-17/h2-5,14,18H,6-13H2,1H3,(H,22,23). The number of β-lactam (4-membered cyclic amide) rings is 1. The Morgan fingerprint density at radius 2 is 1.97 bits per heavy atom. The molecule has 2 aromatic rings. The molecule has 0 saturated carbocycles. The smallest absolute Gasteiger partial charge is 0.274 e. The van der Waals surface area contributed by atoms with Gasteiger partial charge in [0.15, 0.2) is 11.8 Å². The maximum Gasteiger partial charge on any atom is 0.274 e. The third-order valence-corrected chi connectivity index (χ3v) is 6.81. The van der Waals surface area contributed by atoms with Gasteiger partial charge in [-0.3, -0.25) is 14.7 Å². The molecule has 1 atom stereocenters. The number of H-pyrrole nitrogens is 1. The summed E-state index contributed by atoms with van der Waals surface area (Å²) in [5, 5.41) is 8.02. The van der Waals surface area contributed by atoms with Crippen LogP contribution in [0.4, 0.5) is 0 Å². The maximum atomic E-state index is 13.0. The Morgan fingerprint density at radius 3 is 2.69 bits per heavy atom. The number of likely N-dealkylation sites (tertiary alicyclic amines) is 2. The van der Waals surface area contributed by atoms with Gasteiger partial charge < -0.3 is 19.3 Å². The van der Waals surface area contributed by atoms with Gasteiger partial charge in [0.25, 0.3) is 11.8 Å². The van der Waals surface area contributed by atoms with Crippen molar-refractivity contribution in [2.24, 2.45) is 0 Å². The van der Waals surface area contributed by atoms with Crippen LogP contribution in [0.1, 0.15) is 36.2 Å². The van der Waals surface area contributed by atoms with Crippen molar-refractivity contribution in [2.75, 3.05) is 33.4 Å². The van der Waals surface area contributed by atoms with Crippen molar-refractivity contribution in [1.29, 1.82) is 0 Å². The molecule has 154 valence electrons. The number of methoxy groups -OCH3 is 1. The second-order valence-electron chi connectivity index (χ2n) is 8.18. The number of carbonyl (C=O) groups excluding carboxylic acids is 2. The molecule has 0 radical (unpaired) electrons. The number of hydrogen-bond donors (Lipinski definition) is 1. The van der Waals surface area contributed by atoms with Crippen molar-refractivity contribution in [2.45, 2.75) is 43.4 Å². The average Bonchev–Trinajstić information content (AvgIpc) is 3.19. The zero-order valence-electron chi connectivity index (χ0n) is 16.6. The lowest BCUT2D eigenvalue weighted by Gasteiger charge is -2.61. The summed E-state index contributed by atoms with van der Waals surface area (Å²) in [7, 11) is 1.62. The van der Waals surface area contributed by atoms with E-state index in [1.807, 2.05) is 29.2 Å². The lowest BCUT2D eigenvalue weighted by molar-refractivity contribution is -0.213. The average molecular weight is 398 g/mol. The van der Waals surface area contributed by atoms with Gasteiger partial charge in [-0.1, -0.05) is 18.2 Å². The molecule has 8 heteroatoms. The molecule has 3 saturated heterocycles. The van der Waals surface area contributed by atoms with Crippen LogP contribution in [0.5, 0.6) is 0 Å². The molecule has 3 fully saturated rings. The number of piperidine rings is 1. The Hall–Kier alpha value is -2.45. The Balaban J connectivity index is 1.29. The highest BCUT2D eigenvalue weighted by atomic mass is 16.5. The van der Waals surface area contributed by atoms with Crippen LogP contribution >= 0.6 is 0 Å². The number of nitrogens with zero attached hydrogens (tertiary/aromatic N) is 3. The van der Waals surface area contributed by atoms with E-state index in [1.165, 1.54) is 0 Å². The molecule has 1 N–H and O–H groups in total. The van der Waals surface area contributed by atoms with Gasteiger partial charge >= 0.3 is 0 Å². The van der Waals surface area contributed by atoms with Gasteiger partial charge in [-0.05, 0) is 31.7 Å². The molecule has 1 aromatic carbocycles. The van der Waals surface area contributed by atoms with Crippen LogP contribution in [0.25, 0.3) is 10.9 Å². The van der Waals surface area contributed by atoms with Gasteiger partial charge in [-0.2, -0.15) is 5.10 Å². The van der Waals surface area contributed by atoms with Crippen molar-refractivity contribution in [1.82, 2.24) is 20.0 Å². The number of aromatic amines is 1. The van der Waals surface area contributed by atoms with E-state index in [0.29, 0.717) is 32.0 Å². The largest absolute Gasteiger partial charge is 0.381 e. The predicted molar refractivity (Wildman–Crippen MR) is 105 cm³/mol. The number of benzene rings is 1. The quantitative estimate of drug-likeness (QED) is 0.793. The van der Waals surface area contributed by atoms with Crippen molar-refractivity contribution in [3.63, 3.8) is 0 Å². The van der Waals surface area contributed by atoms with Crippen LogP contribution in [-0.4, -0.2) is 82.9 Å². The first kappa shape index (κ1) is 18.6. The monoisotopic (exact) mass is 398 g/mol. The lowest BCUT2D eigenvalue weighted by Crippen LogP contribution is -2.79. The summed E-state index contributed by atoms with van der Waals surface area (Å²) in [5.74, 6) is 0.0313. The number of para-hydroxylation sites is 1. The Morgan fingerprint density at radius 1 is 1.24 bits per heavy atom. The van der Waals surface area contributed by atoms with Crippen molar-refractivity contribution in [3.05, 3.63) is 30.0 Å². The van der Waals surface area contributed by atoms with E-state index in [2.05, 4.69) is 15.1 Å². The fourth-order valence-corrected chi connectivity index (χ4v) is 5.33. The van der Waals surface area contributed by atoms with E-state index in [-0.39, 0.29) is 29.5 Å². The molecule has 8 nitrogen and oxygen atoms in total. The highest BCUT2D eigenvalue weighted by molar-refractivity contribution is 6.04. The van der Waals surface area contributed by atoms with E-state index < -0.39 is 0 Å². The first-order chi connectivity index (χ1) is 14.2. The van der Waals surface area contributed by atoms with Crippen LogP contribution in [0.15, 0.2) is 24.3 Å². The minimum Gasteiger partial charge on any atom is -0.381 e. The van der Waals surface area contributed by atoms with E-state index >= 15 is 0 Å². The summed E-state index contributed by atoms with van der Waals surface area (Å²) in [4.78, 5) is 29.7. The zero-order chi connectivity index (χ0) is 20.0. The molecule has 1 aromatic heterocycles. The third kappa shape index (κ3) is 2.77. The maximum absolute atomic E-state index is 13.0. The van der Waals surface area contributed by atoms with Crippen molar-refractivity contribution in [3.8, 4) is 0 Å². The van der Waals surface area contributed by atoms with E-state index in [1.54, 1.807) is 7.11 Å². The molecule has 4 heterocycles. The zero-order valence-corrected chi connectivity index (χ0v) is 16.6. The number of rotatable bonds is 3. The van der Waals surface area contributed by atoms with E-state index in [4.69, 9.17) is 9.47 Å². The number of ether oxygens (including phenoxy) is 2. The van der Waals surface area contributed by atoms with Crippen LogP contribution in [0, 0.1) is 0 Å². The second-order valence-corrected chi connectivity index (χ2v) is 8.18. The van der Waals surface area contributed by atoms with Crippen LogP contribution < -0.4 is 0 Å². The van der Waals surface area contributed by atoms with Gasteiger partial charge in [0.1, 0.15) is 0 Å². The fourth-order valence-electron chi connectivity index (χ4n) is 5.33. The molecule has 5 rings (SSSR count). The number of fused-ring (bicyclic) bond motifs is 1. The predicted octanol–water partition coefficient (Wildman–Crippen LogP) is 1.57. The summed E-state index contributed by atoms with van der Waals surface area (Å²) < 4.78 is 11.1. The van der Waals surface area contributed by atoms with Crippen LogP contribution in [0.2, 0.25) is 0 Å². The molecule has 3 aliphatic rings. The molecule has 1 unspecified atom stereocenters. The molecule has 2 amide bonds. The third-order valence-electron chi connectivity index (χ3n) is 6.81. The Bertz CT molecular complexity index is 928. The number of carbonyl (C=O) groups is 2. The first-order valence-electron chi connectivity index (χ1n) is 10.3. The molecular formula is C21H26N4O4. The van der Waals surface area contributed by atoms with E-state index in [9.17, 15) is 9.59 Å². The summed E-state index contributed by atoms with van der Waals surface area (Å²) in [6.45, 7) is 2.57. The Labute approximate surface area is 169 Å². The minimum absolute atomic E-state index is 0.0496. The minimum atomic E-state index is -0.360. The number of amides is 2. The summed E-state index contributed by atoms with van der Waals surface area (Å²) in [6.07, 6.45) is 2.82. The number of hydrogen-bond acceptors (Lipinski definition) is 5. The molecule has 0 aliphatic carbocycles. The topological polar surface area (TPSA) is 87.8 Å².